The molecule has 2 rings (SSSR count). The Morgan fingerprint density at radius 2 is 1.75 bits per heavy atom. The summed E-state index contributed by atoms with van der Waals surface area (Å²) in [5.41, 5.74) is 5.88. The van der Waals surface area contributed by atoms with E-state index in [-0.39, 0.29) is 5.91 Å². The zero-order valence-electron chi connectivity index (χ0n) is 11.1. The van der Waals surface area contributed by atoms with Crippen LogP contribution in [0, 0.1) is 0 Å². The first-order chi connectivity index (χ1) is 9.72. The molecule has 0 spiro atoms. The van der Waals surface area contributed by atoms with Crippen molar-refractivity contribution >= 4 is 11.9 Å². The maximum Gasteiger partial charge on any atom is 0.333 e. The van der Waals surface area contributed by atoms with E-state index in [0.717, 1.165) is 5.69 Å². The van der Waals surface area contributed by atoms with Gasteiger partial charge >= 0.3 is 6.03 Å². The zero-order valence-corrected chi connectivity index (χ0v) is 11.1. The Morgan fingerprint density at radius 3 is 2.45 bits per heavy atom. The summed E-state index contributed by atoms with van der Waals surface area (Å²) in [6.45, 7) is 2.28. The van der Waals surface area contributed by atoms with Gasteiger partial charge in [-0.2, -0.15) is 0 Å². The Labute approximate surface area is 116 Å². The van der Waals surface area contributed by atoms with Gasteiger partial charge in [0, 0.05) is 18.9 Å². The summed E-state index contributed by atoms with van der Waals surface area (Å²) in [7, 11) is 0. The molecule has 0 atom stereocenters. The number of carbonyl (C=O) groups is 2. The smallest absolute Gasteiger partial charge is 0.333 e. The molecule has 104 valence electrons. The number of nitrogens with zero attached hydrogens (tertiary/aromatic N) is 1. The largest absolute Gasteiger partial charge is 0.337 e. The molecule has 1 aromatic heterocycles. The number of urea groups is 1. The molecule has 0 bridgehead atoms. The summed E-state index contributed by atoms with van der Waals surface area (Å²) in [6.07, 6.45) is 3.70. The van der Waals surface area contributed by atoms with Crippen LogP contribution in [0.15, 0.2) is 48.8 Å². The lowest BCUT2D eigenvalue weighted by Crippen LogP contribution is -2.47. The number of carbonyl (C=O) groups excluding carboxylic acids is 2. The number of hydrogen-bond acceptors (Lipinski definition) is 2. The molecule has 3 amide bonds. The van der Waals surface area contributed by atoms with Crippen LogP contribution >= 0.6 is 0 Å². The predicted molar refractivity (Wildman–Crippen MR) is 75.4 cm³/mol. The van der Waals surface area contributed by atoms with Crippen molar-refractivity contribution in [1.29, 1.82) is 0 Å². The van der Waals surface area contributed by atoms with Crippen molar-refractivity contribution in [3.05, 3.63) is 54.4 Å². The quantitative estimate of drug-likeness (QED) is 0.740. The highest BCUT2D eigenvalue weighted by atomic mass is 16.2. The van der Waals surface area contributed by atoms with Gasteiger partial charge in [-0.15, -0.1) is 0 Å². The second kappa shape index (κ2) is 6.42. The van der Waals surface area contributed by atoms with Gasteiger partial charge in [-0.25, -0.2) is 10.2 Å². The molecule has 6 heteroatoms. The average Bonchev–Trinajstić information content (AvgIpc) is 2.99. The number of benzene rings is 1. The van der Waals surface area contributed by atoms with Gasteiger partial charge in [-0.05, 0) is 31.2 Å². The molecule has 6 nitrogen and oxygen atoms in total. The summed E-state index contributed by atoms with van der Waals surface area (Å²) >= 11 is 0. The Morgan fingerprint density at radius 1 is 1.05 bits per heavy atom. The Hall–Kier alpha value is -2.76. The minimum absolute atomic E-state index is 0.374. The average molecular weight is 272 g/mol. The highest BCUT2D eigenvalue weighted by Gasteiger charge is 2.12. The lowest BCUT2D eigenvalue weighted by Gasteiger charge is -2.11. The van der Waals surface area contributed by atoms with Crippen molar-refractivity contribution in [2.75, 3.05) is 6.54 Å². The molecule has 3 N–H and O–H groups in total. The Bertz CT molecular complexity index is 593. The third-order valence-corrected chi connectivity index (χ3v) is 2.66. The molecule has 20 heavy (non-hydrogen) atoms. The van der Waals surface area contributed by atoms with E-state index in [0.29, 0.717) is 12.1 Å². The lowest BCUT2D eigenvalue weighted by atomic mass is 10.1. The fourth-order valence-corrected chi connectivity index (χ4v) is 1.77. The molecule has 0 fully saturated rings. The van der Waals surface area contributed by atoms with Crippen molar-refractivity contribution in [3.63, 3.8) is 0 Å². The van der Waals surface area contributed by atoms with Crippen molar-refractivity contribution < 1.29 is 9.59 Å². The second-order valence-electron chi connectivity index (χ2n) is 4.05. The topological polar surface area (TPSA) is 75.2 Å². The van der Waals surface area contributed by atoms with Gasteiger partial charge in [0.05, 0.1) is 11.3 Å². The summed E-state index contributed by atoms with van der Waals surface area (Å²) in [5, 5.41) is 2.52. The molecule has 0 saturated heterocycles. The first-order valence-corrected chi connectivity index (χ1v) is 6.29. The number of amides is 3. The Balaban J connectivity index is 2.13. The van der Waals surface area contributed by atoms with E-state index < -0.39 is 6.03 Å². The monoisotopic (exact) mass is 272 g/mol. The van der Waals surface area contributed by atoms with Crippen molar-refractivity contribution in [1.82, 2.24) is 20.7 Å². The molecule has 2 aromatic rings. The molecular weight excluding hydrogens is 256 g/mol. The third-order valence-electron chi connectivity index (χ3n) is 2.66. The SMILES string of the molecule is CCNC(=O)NNC(=O)c1ccccc1-n1cccc1. The van der Waals surface area contributed by atoms with Gasteiger partial charge in [0.25, 0.3) is 5.91 Å². The van der Waals surface area contributed by atoms with Gasteiger partial charge in [-0.3, -0.25) is 10.2 Å². The zero-order chi connectivity index (χ0) is 14.4. The van der Waals surface area contributed by atoms with Gasteiger partial charge < -0.3 is 9.88 Å². The number of hydrogen-bond donors (Lipinski definition) is 3. The standard InChI is InChI=1S/C14H16N4O2/c1-2-15-14(20)17-16-13(19)11-7-3-4-8-12(11)18-9-5-6-10-18/h3-10H,2H2,1H3,(H,16,19)(H2,15,17,20). The van der Waals surface area contributed by atoms with E-state index in [1.54, 1.807) is 19.1 Å². The van der Waals surface area contributed by atoms with Crippen LogP contribution in [-0.2, 0) is 0 Å². The van der Waals surface area contributed by atoms with Crippen LogP contribution in [0.5, 0.6) is 0 Å². The molecule has 1 aromatic carbocycles. The first-order valence-electron chi connectivity index (χ1n) is 6.29. The van der Waals surface area contributed by atoms with E-state index in [2.05, 4.69) is 16.2 Å². The van der Waals surface area contributed by atoms with Crippen LogP contribution in [0.2, 0.25) is 0 Å². The Kier molecular flexibility index (Phi) is 4.39. The fraction of sp³-hybridized carbons (Fsp3) is 0.143. The fourth-order valence-electron chi connectivity index (χ4n) is 1.77. The number of nitrogens with one attached hydrogen (secondary N) is 3. The molecule has 0 aliphatic heterocycles. The molecule has 0 aliphatic carbocycles. The maximum atomic E-state index is 12.1. The van der Waals surface area contributed by atoms with E-state index >= 15 is 0 Å². The minimum Gasteiger partial charge on any atom is -0.337 e. The number of hydrazine groups is 1. The van der Waals surface area contributed by atoms with E-state index in [4.69, 9.17) is 0 Å². The highest BCUT2D eigenvalue weighted by Crippen LogP contribution is 2.14. The second-order valence-corrected chi connectivity index (χ2v) is 4.05. The van der Waals surface area contributed by atoms with Crippen molar-refractivity contribution in [2.45, 2.75) is 6.92 Å². The molecule has 1 heterocycles. The van der Waals surface area contributed by atoms with E-state index in [1.807, 2.05) is 41.2 Å². The van der Waals surface area contributed by atoms with Crippen LogP contribution < -0.4 is 16.2 Å². The van der Waals surface area contributed by atoms with Crippen LogP contribution in [0.1, 0.15) is 17.3 Å². The van der Waals surface area contributed by atoms with E-state index in [1.165, 1.54) is 0 Å². The molecule has 0 aliphatic rings. The van der Waals surface area contributed by atoms with Gasteiger partial charge in [0.15, 0.2) is 0 Å². The molecular formula is C14H16N4O2. The molecule has 0 saturated carbocycles. The number of para-hydroxylation sites is 1. The summed E-state index contributed by atoms with van der Waals surface area (Å²) in [4.78, 5) is 23.4. The summed E-state index contributed by atoms with van der Waals surface area (Å²) in [6, 6.07) is 10.5. The van der Waals surface area contributed by atoms with Crippen molar-refractivity contribution in [2.24, 2.45) is 0 Å². The predicted octanol–water partition coefficient (Wildman–Crippen LogP) is 1.44. The highest BCUT2D eigenvalue weighted by molar-refractivity contribution is 5.98. The van der Waals surface area contributed by atoms with Crippen LogP contribution in [0.4, 0.5) is 4.79 Å². The number of rotatable bonds is 3. The van der Waals surface area contributed by atoms with Crippen LogP contribution in [0.25, 0.3) is 5.69 Å². The summed E-state index contributed by atoms with van der Waals surface area (Å²) in [5.74, 6) is -0.374. The van der Waals surface area contributed by atoms with Gasteiger partial charge in [-0.1, -0.05) is 12.1 Å². The molecule has 0 radical (unpaired) electrons. The summed E-state index contributed by atoms with van der Waals surface area (Å²) < 4.78 is 1.83. The van der Waals surface area contributed by atoms with Gasteiger partial charge in [0.2, 0.25) is 0 Å². The van der Waals surface area contributed by atoms with E-state index in [9.17, 15) is 9.59 Å². The number of aromatic nitrogens is 1. The minimum atomic E-state index is -0.445. The molecule has 0 unspecified atom stereocenters. The maximum absolute atomic E-state index is 12.1. The van der Waals surface area contributed by atoms with Crippen LogP contribution in [0.3, 0.4) is 0 Å². The van der Waals surface area contributed by atoms with Gasteiger partial charge in [0.1, 0.15) is 0 Å². The first kappa shape index (κ1) is 13.7. The van der Waals surface area contributed by atoms with Crippen LogP contribution in [-0.4, -0.2) is 23.1 Å². The lowest BCUT2D eigenvalue weighted by molar-refractivity contribution is 0.0936. The normalized spacial score (nSPS) is 9.85. The van der Waals surface area contributed by atoms with Crippen molar-refractivity contribution in [3.8, 4) is 5.69 Å². The third kappa shape index (κ3) is 3.17.